The largest absolute Gasteiger partial charge is 0.314 e. The molecule has 14 heavy (non-hydrogen) atoms. The van der Waals surface area contributed by atoms with Crippen molar-refractivity contribution >= 4 is 0 Å². The van der Waals surface area contributed by atoms with Gasteiger partial charge in [-0.25, -0.2) is 0 Å². The molecular weight excluding hydrogens is 170 g/mol. The van der Waals surface area contributed by atoms with Gasteiger partial charge in [-0.3, -0.25) is 0 Å². The highest BCUT2D eigenvalue weighted by Crippen LogP contribution is 2.23. The lowest BCUT2D eigenvalue weighted by Crippen LogP contribution is -2.37. The first-order valence-electron chi connectivity index (χ1n) is 6.33. The van der Waals surface area contributed by atoms with Crippen molar-refractivity contribution in [1.82, 2.24) is 5.32 Å². The lowest BCUT2D eigenvalue weighted by molar-refractivity contribution is 0.278. The molecule has 0 aromatic carbocycles. The summed E-state index contributed by atoms with van der Waals surface area (Å²) >= 11 is 0. The number of hydrogen-bond donors (Lipinski definition) is 1. The van der Waals surface area contributed by atoms with Crippen LogP contribution in [0.4, 0.5) is 0 Å². The smallest absolute Gasteiger partial charge is 0.00697 e. The van der Waals surface area contributed by atoms with Gasteiger partial charge in [0.1, 0.15) is 0 Å². The molecule has 1 nitrogen and oxygen atoms in total. The maximum absolute atomic E-state index is 3.73. The molecule has 1 rings (SSSR count). The second-order valence-electron chi connectivity index (χ2n) is 5.60. The van der Waals surface area contributed by atoms with Gasteiger partial charge in [0.05, 0.1) is 0 Å². The van der Waals surface area contributed by atoms with Crippen LogP contribution in [0.25, 0.3) is 0 Å². The van der Waals surface area contributed by atoms with Crippen LogP contribution in [0.2, 0.25) is 0 Å². The van der Waals surface area contributed by atoms with Crippen molar-refractivity contribution in [1.29, 1.82) is 0 Å². The summed E-state index contributed by atoms with van der Waals surface area (Å²) in [7, 11) is 0. The standard InChI is InChI=1S/C13H27N/c1-10(2)12(4)9-14-13-7-5-6-11(3)8-13/h10-14H,5-9H2,1-4H3. The summed E-state index contributed by atoms with van der Waals surface area (Å²) < 4.78 is 0. The highest BCUT2D eigenvalue weighted by Gasteiger charge is 2.19. The Morgan fingerprint density at radius 1 is 1.21 bits per heavy atom. The van der Waals surface area contributed by atoms with E-state index in [4.69, 9.17) is 0 Å². The lowest BCUT2D eigenvalue weighted by atomic mass is 9.86. The third-order valence-corrected chi connectivity index (χ3v) is 3.80. The van der Waals surface area contributed by atoms with Gasteiger partial charge < -0.3 is 5.32 Å². The van der Waals surface area contributed by atoms with Gasteiger partial charge in [-0.15, -0.1) is 0 Å². The predicted molar refractivity (Wildman–Crippen MR) is 63.4 cm³/mol. The maximum Gasteiger partial charge on any atom is 0.00697 e. The van der Waals surface area contributed by atoms with E-state index in [1.807, 2.05) is 0 Å². The second-order valence-corrected chi connectivity index (χ2v) is 5.60. The van der Waals surface area contributed by atoms with Gasteiger partial charge in [-0.2, -0.15) is 0 Å². The molecule has 0 aromatic heterocycles. The van der Waals surface area contributed by atoms with Gasteiger partial charge in [0.25, 0.3) is 0 Å². The second kappa shape index (κ2) is 5.75. The van der Waals surface area contributed by atoms with E-state index in [1.54, 1.807) is 0 Å². The van der Waals surface area contributed by atoms with E-state index in [1.165, 1.54) is 32.2 Å². The van der Waals surface area contributed by atoms with E-state index in [0.717, 1.165) is 23.8 Å². The quantitative estimate of drug-likeness (QED) is 0.728. The molecule has 84 valence electrons. The highest BCUT2D eigenvalue weighted by molar-refractivity contribution is 4.76. The van der Waals surface area contributed by atoms with Crippen LogP contribution in [-0.2, 0) is 0 Å². The van der Waals surface area contributed by atoms with E-state index in [9.17, 15) is 0 Å². The van der Waals surface area contributed by atoms with Crippen LogP contribution in [0, 0.1) is 17.8 Å². The van der Waals surface area contributed by atoms with Gasteiger partial charge in [-0.05, 0) is 37.1 Å². The zero-order valence-electron chi connectivity index (χ0n) is 10.3. The molecule has 0 radical (unpaired) electrons. The van der Waals surface area contributed by atoms with E-state index in [2.05, 4.69) is 33.0 Å². The topological polar surface area (TPSA) is 12.0 Å². The average Bonchev–Trinajstić information content (AvgIpc) is 2.14. The summed E-state index contributed by atoms with van der Waals surface area (Å²) in [5.74, 6) is 2.56. The van der Waals surface area contributed by atoms with Crippen LogP contribution in [0.3, 0.4) is 0 Å². The molecule has 1 aliphatic rings. The Bertz CT molecular complexity index is 153. The lowest BCUT2D eigenvalue weighted by Gasteiger charge is -2.29. The number of rotatable bonds is 4. The minimum atomic E-state index is 0.806. The summed E-state index contributed by atoms with van der Waals surface area (Å²) in [5.41, 5.74) is 0. The number of hydrogen-bond acceptors (Lipinski definition) is 1. The van der Waals surface area contributed by atoms with Crippen molar-refractivity contribution in [2.45, 2.75) is 59.4 Å². The molecule has 0 heterocycles. The predicted octanol–water partition coefficient (Wildman–Crippen LogP) is 3.45. The van der Waals surface area contributed by atoms with E-state index in [-0.39, 0.29) is 0 Å². The summed E-state index contributed by atoms with van der Waals surface area (Å²) in [4.78, 5) is 0. The monoisotopic (exact) mass is 197 g/mol. The molecule has 1 saturated carbocycles. The SMILES string of the molecule is CC1CCCC(NCC(C)C(C)C)C1. The Morgan fingerprint density at radius 3 is 2.50 bits per heavy atom. The molecule has 0 aromatic rings. The fourth-order valence-electron chi connectivity index (χ4n) is 2.21. The third kappa shape index (κ3) is 4.00. The van der Waals surface area contributed by atoms with Crippen molar-refractivity contribution in [2.24, 2.45) is 17.8 Å². The van der Waals surface area contributed by atoms with Crippen LogP contribution in [0.15, 0.2) is 0 Å². The molecule has 0 saturated heterocycles. The van der Waals surface area contributed by atoms with Crippen molar-refractivity contribution < 1.29 is 0 Å². The fourth-order valence-corrected chi connectivity index (χ4v) is 2.21. The van der Waals surface area contributed by atoms with Crippen LogP contribution >= 0.6 is 0 Å². The molecule has 1 heteroatoms. The summed E-state index contributed by atoms with van der Waals surface area (Å²) in [6.07, 6.45) is 5.66. The third-order valence-electron chi connectivity index (χ3n) is 3.80. The first-order chi connectivity index (χ1) is 6.59. The minimum absolute atomic E-state index is 0.806. The Balaban J connectivity index is 2.17. The molecule has 3 unspecified atom stereocenters. The number of nitrogens with one attached hydrogen (secondary N) is 1. The molecule has 0 amide bonds. The molecule has 1 fully saturated rings. The molecule has 1 aliphatic carbocycles. The van der Waals surface area contributed by atoms with Crippen LogP contribution < -0.4 is 5.32 Å². The maximum atomic E-state index is 3.73. The van der Waals surface area contributed by atoms with Gasteiger partial charge in [-0.1, -0.05) is 40.5 Å². The summed E-state index contributed by atoms with van der Waals surface area (Å²) in [5, 5.41) is 3.73. The van der Waals surface area contributed by atoms with Gasteiger partial charge >= 0.3 is 0 Å². The Morgan fingerprint density at radius 2 is 1.93 bits per heavy atom. The normalized spacial score (nSPS) is 30.6. The summed E-state index contributed by atoms with van der Waals surface area (Å²) in [6.45, 7) is 10.6. The Hall–Kier alpha value is -0.0400. The first kappa shape index (κ1) is 12.0. The molecule has 3 atom stereocenters. The van der Waals surface area contributed by atoms with E-state index < -0.39 is 0 Å². The minimum Gasteiger partial charge on any atom is -0.314 e. The van der Waals surface area contributed by atoms with Gasteiger partial charge in [0.2, 0.25) is 0 Å². The van der Waals surface area contributed by atoms with Crippen LogP contribution in [0.1, 0.15) is 53.4 Å². The summed E-state index contributed by atoms with van der Waals surface area (Å²) in [6, 6.07) is 0.806. The van der Waals surface area contributed by atoms with Gasteiger partial charge in [0.15, 0.2) is 0 Å². The van der Waals surface area contributed by atoms with Crippen molar-refractivity contribution in [2.75, 3.05) is 6.54 Å². The molecule has 0 bridgehead atoms. The molecular formula is C13H27N. The highest BCUT2D eigenvalue weighted by atomic mass is 14.9. The Labute approximate surface area is 89.7 Å². The van der Waals surface area contributed by atoms with Crippen LogP contribution in [0.5, 0.6) is 0 Å². The molecule has 1 N–H and O–H groups in total. The first-order valence-corrected chi connectivity index (χ1v) is 6.33. The zero-order chi connectivity index (χ0) is 10.6. The average molecular weight is 197 g/mol. The van der Waals surface area contributed by atoms with Crippen molar-refractivity contribution in [3.8, 4) is 0 Å². The van der Waals surface area contributed by atoms with Gasteiger partial charge in [0, 0.05) is 6.04 Å². The Kier molecular flexibility index (Phi) is 4.94. The molecule has 0 aliphatic heterocycles. The zero-order valence-corrected chi connectivity index (χ0v) is 10.3. The van der Waals surface area contributed by atoms with E-state index in [0.29, 0.717) is 0 Å². The van der Waals surface area contributed by atoms with Crippen molar-refractivity contribution in [3.63, 3.8) is 0 Å². The van der Waals surface area contributed by atoms with E-state index >= 15 is 0 Å². The van der Waals surface area contributed by atoms with Crippen LogP contribution in [-0.4, -0.2) is 12.6 Å². The van der Waals surface area contributed by atoms with Crippen molar-refractivity contribution in [3.05, 3.63) is 0 Å². The molecule has 0 spiro atoms. The fraction of sp³-hybridized carbons (Fsp3) is 1.00.